The Hall–Kier alpha value is -0.700. The van der Waals surface area contributed by atoms with Gasteiger partial charge in [0.05, 0.1) is 6.04 Å². The molecular formula is C13H21NO2. The summed E-state index contributed by atoms with van der Waals surface area (Å²) >= 11 is 0. The van der Waals surface area contributed by atoms with Crippen LogP contribution in [-0.2, 0) is 9.59 Å². The average Bonchev–Trinajstić information content (AvgIpc) is 2.78. The maximum atomic E-state index is 11.6. The van der Waals surface area contributed by atoms with Crippen LogP contribution in [0.2, 0.25) is 0 Å². The van der Waals surface area contributed by atoms with Crippen molar-refractivity contribution in [2.75, 3.05) is 6.54 Å². The lowest BCUT2D eigenvalue weighted by molar-refractivity contribution is -0.136. The number of carbonyl (C=O) groups is 2. The van der Waals surface area contributed by atoms with E-state index < -0.39 is 0 Å². The SMILES string of the molecule is CC(=O)C(=O)[C@H]1C[C@@H](C2CCCCC2)CN1. The highest BCUT2D eigenvalue weighted by Gasteiger charge is 2.35. The van der Waals surface area contributed by atoms with Crippen LogP contribution in [0.1, 0.15) is 45.4 Å². The minimum atomic E-state index is -0.304. The Morgan fingerprint density at radius 1 is 1.06 bits per heavy atom. The van der Waals surface area contributed by atoms with E-state index in [0.717, 1.165) is 18.9 Å². The molecule has 2 aliphatic rings. The predicted octanol–water partition coefficient (Wildman–Crippen LogP) is 1.70. The van der Waals surface area contributed by atoms with Gasteiger partial charge in [-0.25, -0.2) is 0 Å². The van der Waals surface area contributed by atoms with Gasteiger partial charge in [-0.3, -0.25) is 9.59 Å². The van der Waals surface area contributed by atoms with Gasteiger partial charge >= 0.3 is 0 Å². The van der Waals surface area contributed by atoms with E-state index in [1.165, 1.54) is 39.0 Å². The van der Waals surface area contributed by atoms with Crippen LogP contribution in [-0.4, -0.2) is 24.2 Å². The maximum absolute atomic E-state index is 11.6. The molecule has 2 atom stereocenters. The molecule has 0 spiro atoms. The first-order valence-corrected chi connectivity index (χ1v) is 6.46. The minimum Gasteiger partial charge on any atom is -0.307 e. The second-order valence-electron chi connectivity index (χ2n) is 5.28. The fraction of sp³-hybridized carbons (Fsp3) is 0.846. The van der Waals surface area contributed by atoms with Crippen LogP contribution in [0.5, 0.6) is 0 Å². The van der Waals surface area contributed by atoms with Gasteiger partial charge in [-0.05, 0) is 24.8 Å². The zero-order chi connectivity index (χ0) is 11.5. The number of carbonyl (C=O) groups excluding carboxylic acids is 2. The quantitative estimate of drug-likeness (QED) is 0.741. The molecule has 0 radical (unpaired) electrons. The number of rotatable bonds is 3. The molecule has 1 heterocycles. The van der Waals surface area contributed by atoms with E-state index in [4.69, 9.17) is 0 Å². The molecular weight excluding hydrogens is 202 g/mol. The van der Waals surface area contributed by atoms with Crippen LogP contribution in [0.4, 0.5) is 0 Å². The van der Waals surface area contributed by atoms with Crippen LogP contribution >= 0.6 is 0 Å². The summed E-state index contributed by atoms with van der Waals surface area (Å²) in [5.74, 6) is 0.875. The van der Waals surface area contributed by atoms with Gasteiger partial charge in [-0.1, -0.05) is 32.1 Å². The highest BCUT2D eigenvalue weighted by atomic mass is 16.2. The molecule has 1 aliphatic heterocycles. The van der Waals surface area contributed by atoms with Crippen LogP contribution in [0, 0.1) is 11.8 Å². The van der Waals surface area contributed by atoms with E-state index in [-0.39, 0.29) is 17.6 Å². The largest absolute Gasteiger partial charge is 0.307 e. The topological polar surface area (TPSA) is 46.2 Å². The smallest absolute Gasteiger partial charge is 0.214 e. The van der Waals surface area contributed by atoms with Crippen LogP contribution in [0.25, 0.3) is 0 Å². The lowest BCUT2D eigenvalue weighted by atomic mass is 9.79. The third-order valence-electron chi connectivity index (χ3n) is 4.14. The molecule has 0 aromatic carbocycles. The summed E-state index contributed by atoms with van der Waals surface area (Å²) in [5.41, 5.74) is 0. The molecule has 0 aromatic rings. The molecule has 3 nitrogen and oxygen atoms in total. The summed E-state index contributed by atoms with van der Waals surface area (Å²) < 4.78 is 0. The van der Waals surface area contributed by atoms with E-state index in [1.807, 2.05) is 0 Å². The van der Waals surface area contributed by atoms with E-state index in [2.05, 4.69) is 5.32 Å². The molecule has 1 aliphatic carbocycles. The Labute approximate surface area is 97.0 Å². The number of hydrogen-bond donors (Lipinski definition) is 1. The zero-order valence-electron chi connectivity index (χ0n) is 10.00. The van der Waals surface area contributed by atoms with Gasteiger partial charge < -0.3 is 5.32 Å². The van der Waals surface area contributed by atoms with Crippen molar-refractivity contribution in [3.8, 4) is 0 Å². The molecule has 90 valence electrons. The average molecular weight is 223 g/mol. The van der Waals surface area contributed by atoms with Crippen molar-refractivity contribution in [1.29, 1.82) is 0 Å². The van der Waals surface area contributed by atoms with Crippen molar-refractivity contribution < 1.29 is 9.59 Å². The van der Waals surface area contributed by atoms with E-state index >= 15 is 0 Å². The highest BCUT2D eigenvalue weighted by Crippen LogP contribution is 2.34. The molecule has 1 N–H and O–H groups in total. The molecule has 0 amide bonds. The van der Waals surface area contributed by atoms with Crippen LogP contribution in [0.15, 0.2) is 0 Å². The normalized spacial score (nSPS) is 31.6. The van der Waals surface area contributed by atoms with Crippen molar-refractivity contribution in [1.82, 2.24) is 5.32 Å². The number of hydrogen-bond acceptors (Lipinski definition) is 3. The van der Waals surface area contributed by atoms with Crippen LogP contribution in [0.3, 0.4) is 0 Å². The third-order valence-corrected chi connectivity index (χ3v) is 4.14. The number of Topliss-reactive ketones (excluding diaryl/α,β-unsaturated/α-hetero) is 2. The Morgan fingerprint density at radius 3 is 2.38 bits per heavy atom. The van der Waals surface area contributed by atoms with Crippen molar-refractivity contribution in [2.45, 2.75) is 51.5 Å². The molecule has 0 unspecified atom stereocenters. The molecule has 0 aromatic heterocycles. The summed E-state index contributed by atoms with van der Waals surface area (Å²) in [6.07, 6.45) is 7.55. The van der Waals surface area contributed by atoms with Gasteiger partial charge in [-0.15, -0.1) is 0 Å². The Balaban J connectivity index is 1.87. The standard InChI is InChI=1S/C13H21NO2/c1-9(15)13(16)12-7-11(8-14-12)10-5-3-2-4-6-10/h10-12,14H,2-8H2,1H3/t11-,12-/m1/s1. The van der Waals surface area contributed by atoms with Gasteiger partial charge in [0.2, 0.25) is 5.78 Å². The summed E-state index contributed by atoms with van der Waals surface area (Å²) in [7, 11) is 0. The molecule has 3 heteroatoms. The number of nitrogens with one attached hydrogen (secondary N) is 1. The lowest BCUT2D eigenvalue weighted by Crippen LogP contribution is -2.34. The molecule has 1 saturated heterocycles. The van der Waals surface area contributed by atoms with Gasteiger partial charge in [0.1, 0.15) is 0 Å². The molecule has 2 rings (SSSR count). The molecule has 0 bridgehead atoms. The first-order chi connectivity index (χ1) is 7.68. The maximum Gasteiger partial charge on any atom is 0.214 e. The predicted molar refractivity (Wildman–Crippen MR) is 62.2 cm³/mol. The van der Waals surface area contributed by atoms with Gasteiger partial charge in [-0.2, -0.15) is 0 Å². The fourth-order valence-electron chi connectivity index (χ4n) is 3.17. The van der Waals surface area contributed by atoms with Gasteiger partial charge in [0.15, 0.2) is 5.78 Å². The van der Waals surface area contributed by atoms with Crippen molar-refractivity contribution >= 4 is 11.6 Å². The Morgan fingerprint density at radius 2 is 1.75 bits per heavy atom. The summed E-state index contributed by atoms with van der Waals surface area (Å²) in [6.45, 7) is 2.30. The first kappa shape index (κ1) is 11.8. The summed E-state index contributed by atoms with van der Waals surface area (Å²) in [5, 5.41) is 3.21. The molecule has 2 fully saturated rings. The molecule has 1 saturated carbocycles. The highest BCUT2D eigenvalue weighted by molar-refractivity contribution is 6.38. The van der Waals surface area contributed by atoms with E-state index in [9.17, 15) is 9.59 Å². The first-order valence-electron chi connectivity index (χ1n) is 6.46. The minimum absolute atomic E-state index is 0.190. The van der Waals surface area contributed by atoms with Crippen molar-refractivity contribution in [3.63, 3.8) is 0 Å². The third kappa shape index (κ3) is 2.51. The van der Waals surface area contributed by atoms with Crippen molar-refractivity contribution in [2.24, 2.45) is 11.8 Å². The van der Waals surface area contributed by atoms with Gasteiger partial charge in [0, 0.05) is 6.92 Å². The van der Waals surface area contributed by atoms with E-state index in [1.54, 1.807) is 0 Å². The monoisotopic (exact) mass is 223 g/mol. The zero-order valence-corrected chi connectivity index (χ0v) is 10.00. The van der Waals surface area contributed by atoms with Gasteiger partial charge in [0.25, 0.3) is 0 Å². The summed E-state index contributed by atoms with van der Waals surface area (Å²) in [4.78, 5) is 22.6. The Kier molecular flexibility index (Phi) is 3.74. The van der Waals surface area contributed by atoms with Crippen LogP contribution < -0.4 is 5.32 Å². The second kappa shape index (κ2) is 5.09. The second-order valence-corrected chi connectivity index (χ2v) is 5.28. The van der Waals surface area contributed by atoms with Crippen molar-refractivity contribution in [3.05, 3.63) is 0 Å². The fourth-order valence-corrected chi connectivity index (χ4v) is 3.17. The Bertz CT molecular complexity index is 282. The number of ketones is 2. The summed E-state index contributed by atoms with van der Waals surface area (Å²) in [6, 6.07) is -0.190. The lowest BCUT2D eigenvalue weighted by Gasteiger charge is -2.26. The van der Waals surface area contributed by atoms with E-state index in [0.29, 0.717) is 5.92 Å². The molecule has 16 heavy (non-hydrogen) atoms.